The molecule has 0 atom stereocenters. The Balaban J connectivity index is 2.53. The van der Waals surface area contributed by atoms with Gasteiger partial charge in [0.1, 0.15) is 5.82 Å². The number of nitrogens with zero attached hydrogens (tertiary/aromatic N) is 3. The molecule has 0 aliphatic heterocycles. The van der Waals surface area contributed by atoms with Crippen molar-refractivity contribution in [2.75, 3.05) is 12.8 Å². The van der Waals surface area contributed by atoms with Gasteiger partial charge in [0.05, 0.1) is 6.54 Å². The summed E-state index contributed by atoms with van der Waals surface area (Å²) in [5, 5.41) is 11.4. The molecule has 0 radical (unpaired) electrons. The maximum Gasteiger partial charge on any atom is 0.220 e. The first-order valence-electron chi connectivity index (χ1n) is 5.18. The van der Waals surface area contributed by atoms with E-state index in [1.165, 1.54) is 11.8 Å². The molecule has 0 spiro atoms. The third-order valence-corrected chi connectivity index (χ3v) is 3.10. The molecule has 3 N–H and O–H groups in total. The molecule has 0 aromatic carbocycles. The summed E-state index contributed by atoms with van der Waals surface area (Å²) < 4.78 is 1.97. The van der Waals surface area contributed by atoms with E-state index >= 15 is 0 Å². The minimum absolute atomic E-state index is 0.0362. The fourth-order valence-corrected chi connectivity index (χ4v) is 2.21. The van der Waals surface area contributed by atoms with Crippen LogP contribution in [0.25, 0.3) is 0 Å². The predicted molar refractivity (Wildman–Crippen MR) is 63.0 cm³/mol. The Morgan fingerprint density at radius 1 is 1.56 bits per heavy atom. The third kappa shape index (κ3) is 3.21. The molecule has 1 rings (SSSR count). The number of rotatable bonds is 6. The Bertz CT molecular complexity index is 352. The van der Waals surface area contributed by atoms with Gasteiger partial charge in [-0.15, -0.1) is 10.2 Å². The van der Waals surface area contributed by atoms with Crippen LogP contribution < -0.4 is 11.1 Å². The zero-order valence-corrected chi connectivity index (χ0v) is 10.4. The average Bonchev–Trinajstić information content (AvgIpc) is 2.70. The van der Waals surface area contributed by atoms with Crippen molar-refractivity contribution < 1.29 is 4.79 Å². The van der Waals surface area contributed by atoms with Crippen molar-refractivity contribution in [2.45, 2.75) is 31.6 Å². The van der Waals surface area contributed by atoms with E-state index in [1.54, 1.807) is 7.05 Å². The topological polar surface area (TPSA) is 85.8 Å². The van der Waals surface area contributed by atoms with Crippen molar-refractivity contribution in [3.05, 3.63) is 5.82 Å². The lowest BCUT2D eigenvalue weighted by Crippen LogP contribution is -2.18. The molecule has 6 nitrogen and oxygen atoms in total. The average molecular weight is 243 g/mol. The van der Waals surface area contributed by atoms with E-state index < -0.39 is 0 Å². The predicted octanol–water partition coefficient (Wildman–Crippen LogP) is -0.0151. The second-order valence-corrected chi connectivity index (χ2v) is 4.18. The zero-order chi connectivity index (χ0) is 12.0. The molecule has 7 heteroatoms. The van der Waals surface area contributed by atoms with Crippen LogP contribution in [0.5, 0.6) is 0 Å². The fourth-order valence-electron chi connectivity index (χ4n) is 1.25. The van der Waals surface area contributed by atoms with E-state index in [0.717, 1.165) is 17.5 Å². The van der Waals surface area contributed by atoms with Crippen LogP contribution in [0.4, 0.5) is 0 Å². The van der Waals surface area contributed by atoms with Crippen LogP contribution >= 0.6 is 11.8 Å². The molecule has 0 unspecified atom stereocenters. The SMILES string of the molecule is CCn1c(CN)nnc1SCCC(=O)NC. The number of carbonyl (C=O) groups is 1. The number of nitrogens with one attached hydrogen (secondary N) is 1. The maximum absolute atomic E-state index is 11.0. The molecular formula is C9H17N5OS. The lowest BCUT2D eigenvalue weighted by molar-refractivity contribution is -0.120. The molecular weight excluding hydrogens is 226 g/mol. The normalized spacial score (nSPS) is 10.4. The van der Waals surface area contributed by atoms with Gasteiger partial charge in [-0.05, 0) is 6.92 Å². The van der Waals surface area contributed by atoms with Crippen LogP contribution in [-0.4, -0.2) is 33.5 Å². The lowest BCUT2D eigenvalue weighted by atomic mass is 10.5. The standard InChI is InChI=1S/C9H17N5OS/c1-3-14-7(6-10)12-13-9(14)16-5-4-8(15)11-2/h3-6,10H2,1-2H3,(H,11,15). The highest BCUT2D eigenvalue weighted by molar-refractivity contribution is 7.99. The minimum atomic E-state index is 0.0362. The van der Waals surface area contributed by atoms with Gasteiger partial charge in [0.2, 0.25) is 5.91 Å². The summed E-state index contributed by atoms with van der Waals surface area (Å²) in [6.45, 7) is 3.20. The van der Waals surface area contributed by atoms with Crippen molar-refractivity contribution in [2.24, 2.45) is 5.73 Å². The Morgan fingerprint density at radius 3 is 2.88 bits per heavy atom. The molecule has 0 saturated carbocycles. The molecule has 1 heterocycles. The number of amides is 1. The summed E-state index contributed by atoms with van der Waals surface area (Å²) in [6, 6.07) is 0. The number of nitrogens with two attached hydrogens (primary N) is 1. The first-order valence-corrected chi connectivity index (χ1v) is 6.17. The number of carbonyl (C=O) groups excluding carboxylic acids is 1. The van der Waals surface area contributed by atoms with Gasteiger partial charge in [-0.25, -0.2) is 0 Å². The minimum Gasteiger partial charge on any atom is -0.359 e. The van der Waals surface area contributed by atoms with Gasteiger partial charge in [0, 0.05) is 25.8 Å². The van der Waals surface area contributed by atoms with Gasteiger partial charge in [-0.3, -0.25) is 4.79 Å². The van der Waals surface area contributed by atoms with E-state index in [2.05, 4.69) is 15.5 Å². The summed E-state index contributed by atoms with van der Waals surface area (Å²) >= 11 is 1.52. The van der Waals surface area contributed by atoms with Crippen LogP contribution in [0.2, 0.25) is 0 Å². The number of hydrogen-bond donors (Lipinski definition) is 2. The molecule has 1 aromatic heterocycles. The van der Waals surface area contributed by atoms with Crippen molar-refractivity contribution in [1.29, 1.82) is 0 Å². The first kappa shape index (κ1) is 13.0. The van der Waals surface area contributed by atoms with Crippen LogP contribution in [0, 0.1) is 0 Å². The van der Waals surface area contributed by atoms with Gasteiger partial charge in [0.15, 0.2) is 5.16 Å². The lowest BCUT2D eigenvalue weighted by Gasteiger charge is -2.05. The molecule has 1 aromatic rings. The monoisotopic (exact) mass is 243 g/mol. The zero-order valence-electron chi connectivity index (χ0n) is 9.56. The molecule has 0 bridgehead atoms. The summed E-state index contributed by atoms with van der Waals surface area (Å²) in [6.07, 6.45) is 0.482. The first-order chi connectivity index (χ1) is 7.72. The highest BCUT2D eigenvalue weighted by Crippen LogP contribution is 2.17. The number of thioether (sulfide) groups is 1. The Hall–Kier alpha value is -1.08. The van der Waals surface area contributed by atoms with Crippen LogP contribution in [0.1, 0.15) is 19.2 Å². The second kappa shape index (κ2) is 6.49. The highest BCUT2D eigenvalue weighted by atomic mass is 32.2. The van der Waals surface area contributed by atoms with Gasteiger partial charge in [-0.2, -0.15) is 0 Å². The van der Waals surface area contributed by atoms with E-state index in [4.69, 9.17) is 5.73 Å². The molecule has 0 aliphatic carbocycles. The van der Waals surface area contributed by atoms with Crippen molar-refractivity contribution in [3.63, 3.8) is 0 Å². The van der Waals surface area contributed by atoms with Crippen LogP contribution in [0.15, 0.2) is 5.16 Å². The van der Waals surface area contributed by atoms with Crippen molar-refractivity contribution >= 4 is 17.7 Å². The molecule has 0 saturated heterocycles. The van der Waals surface area contributed by atoms with E-state index in [-0.39, 0.29) is 5.91 Å². The Kier molecular flexibility index (Phi) is 5.27. The summed E-state index contributed by atoms with van der Waals surface area (Å²) in [4.78, 5) is 11.0. The van der Waals surface area contributed by atoms with E-state index in [0.29, 0.717) is 18.7 Å². The van der Waals surface area contributed by atoms with Gasteiger partial charge in [-0.1, -0.05) is 11.8 Å². The van der Waals surface area contributed by atoms with Crippen LogP contribution in [-0.2, 0) is 17.9 Å². The Morgan fingerprint density at radius 2 is 2.31 bits per heavy atom. The maximum atomic E-state index is 11.0. The largest absolute Gasteiger partial charge is 0.359 e. The highest BCUT2D eigenvalue weighted by Gasteiger charge is 2.10. The summed E-state index contributed by atoms with van der Waals surface area (Å²) in [5.41, 5.74) is 5.54. The van der Waals surface area contributed by atoms with Gasteiger partial charge in [0.25, 0.3) is 0 Å². The van der Waals surface area contributed by atoms with Gasteiger partial charge >= 0.3 is 0 Å². The molecule has 90 valence electrons. The quantitative estimate of drug-likeness (QED) is 0.686. The Labute approximate surface area is 99.0 Å². The van der Waals surface area contributed by atoms with E-state index in [9.17, 15) is 4.79 Å². The molecule has 0 aliphatic rings. The van der Waals surface area contributed by atoms with Gasteiger partial charge < -0.3 is 15.6 Å². The van der Waals surface area contributed by atoms with E-state index in [1.807, 2.05) is 11.5 Å². The fraction of sp³-hybridized carbons (Fsp3) is 0.667. The smallest absolute Gasteiger partial charge is 0.220 e. The number of aromatic nitrogens is 3. The second-order valence-electron chi connectivity index (χ2n) is 3.12. The van der Waals surface area contributed by atoms with Crippen molar-refractivity contribution in [3.8, 4) is 0 Å². The number of hydrogen-bond acceptors (Lipinski definition) is 5. The molecule has 16 heavy (non-hydrogen) atoms. The van der Waals surface area contributed by atoms with Crippen molar-refractivity contribution in [1.82, 2.24) is 20.1 Å². The third-order valence-electron chi connectivity index (χ3n) is 2.13. The molecule has 0 fully saturated rings. The summed E-state index contributed by atoms with van der Waals surface area (Å²) in [7, 11) is 1.63. The summed E-state index contributed by atoms with van der Waals surface area (Å²) in [5.74, 6) is 1.52. The van der Waals surface area contributed by atoms with Crippen LogP contribution in [0.3, 0.4) is 0 Å². The molecule has 1 amide bonds.